The first-order valence-electron chi connectivity index (χ1n) is 5.74. The highest BCUT2D eigenvalue weighted by Gasteiger charge is 2.17. The van der Waals surface area contributed by atoms with Crippen LogP contribution >= 0.6 is 11.3 Å². The molecule has 1 aromatic heterocycles. The van der Waals surface area contributed by atoms with Crippen LogP contribution in [0.3, 0.4) is 0 Å². The highest BCUT2D eigenvalue weighted by atomic mass is 32.1. The van der Waals surface area contributed by atoms with Crippen molar-refractivity contribution < 1.29 is 9.72 Å². The van der Waals surface area contributed by atoms with E-state index in [9.17, 15) is 14.9 Å². The highest BCUT2D eigenvalue weighted by Crippen LogP contribution is 2.26. The van der Waals surface area contributed by atoms with Crippen molar-refractivity contribution in [2.24, 2.45) is 0 Å². The van der Waals surface area contributed by atoms with Crippen molar-refractivity contribution in [1.82, 2.24) is 10.3 Å². The normalized spacial score (nSPS) is 10.1. The molecule has 2 rings (SSSR count). The number of hydrogen-bond acceptors (Lipinski definition) is 6. The fraction of sp³-hybridized carbons (Fsp3) is 0.167. The standard InChI is InChI=1S/C12H12N4O3S/c1-13-12(17)8-2-3-9(10(6-8)16(18)19)15-7-11-14-4-5-20-11/h2-6,15H,7H2,1H3,(H,13,17). The maximum atomic E-state index is 11.5. The van der Waals surface area contributed by atoms with Gasteiger partial charge in [-0.05, 0) is 12.1 Å². The summed E-state index contributed by atoms with van der Waals surface area (Å²) < 4.78 is 0. The minimum absolute atomic E-state index is 0.136. The van der Waals surface area contributed by atoms with Crippen LogP contribution in [0.5, 0.6) is 0 Å². The van der Waals surface area contributed by atoms with Gasteiger partial charge in [-0.25, -0.2) is 4.98 Å². The fourth-order valence-corrected chi connectivity index (χ4v) is 2.18. The third-order valence-electron chi connectivity index (χ3n) is 2.60. The summed E-state index contributed by atoms with van der Waals surface area (Å²) in [6.07, 6.45) is 1.67. The van der Waals surface area contributed by atoms with Gasteiger partial charge in [-0.15, -0.1) is 11.3 Å². The Morgan fingerprint density at radius 1 is 1.50 bits per heavy atom. The number of carbonyl (C=O) groups excluding carboxylic acids is 1. The van der Waals surface area contributed by atoms with Crippen molar-refractivity contribution in [2.75, 3.05) is 12.4 Å². The first kappa shape index (κ1) is 13.9. The van der Waals surface area contributed by atoms with Gasteiger partial charge >= 0.3 is 0 Å². The van der Waals surface area contributed by atoms with Gasteiger partial charge in [-0.3, -0.25) is 14.9 Å². The number of nitro benzene ring substituents is 1. The minimum Gasteiger partial charge on any atom is -0.373 e. The maximum absolute atomic E-state index is 11.5. The van der Waals surface area contributed by atoms with Crippen LogP contribution in [0.2, 0.25) is 0 Å². The Hall–Kier alpha value is -2.48. The number of benzene rings is 1. The summed E-state index contributed by atoms with van der Waals surface area (Å²) >= 11 is 1.46. The van der Waals surface area contributed by atoms with Crippen molar-refractivity contribution in [1.29, 1.82) is 0 Å². The molecule has 0 atom stereocenters. The molecule has 0 saturated heterocycles. The van der Waals surface area contributed by atoms with Gasteiger partial charge in [0.2, 0.25) is 0 Å². The Labute approximate surface area is 118 Å². The van der Waals surface area contributed by atoms with Crippen LogP contribution < -0.4 is 10.6 Å². The van der Waals surface area contributed by atoms with E-state index in [1.54, 1.807) is 6.20 Å². The molecular weight excluding hydrogens is 280 g/mol. The summed E-state index contributed by atoms with van der Waals surface area (Å²) in [6, 6.07) is 4.31. The molecule has 0 spiro atoms. The van der Waals surface area contributed by atoms with Crippen LogP contribution in [-0.4, -0.2) is 22.9 Å². The Morgan fingerprint density at radius 2 is 2.30 bits per heavy atom. The lowest BCUT2D eigenvalue weighted by molar-refractivity contribution is -0.384. The molecule has 8 heteroatoms. The molecule has 0 aliphatic heterocycles. The molecule has 2 aromatic rings. The summed E-state index contributed by atoms with van der Waals surface area (Å²) in [5.41, 5.74) is 0.472. The minimum atomic E-state index is -0.517. The van der Waals surface area contributed by atoms with Gasteiger partial charge in [-0.2, -0.15) is 0 Å². The average Bonchev–Trinajstić information content (AvgIpc) is 2.97. The van der Waals surface area contributed by atoms with E-state index in [1.807, 2.05) is 5.38 Å². The number of nitrogens with one attached hydrogen (secondary N) is 2. The number of nitrogens with zero attached hydrogens (tertiary/aromatic N) is 2. The molecule has 20 heavy (non-hydrogen) atoms. The number of carbonyl (C=O) groups is 1. The predicted molar refractivity (Wildman–Crippen MR) is 75.9 cm³/mol. The molecule has 0 bridgehead atoms. The molecule has 1 heterocycles. The van der Waals surface area contributed by atoms with E-state index in [-0.39, 0.29) is 17.2 Å². The molecular formula is C12H12N4O3S. The zero-order valence-electron chi connectivity index (χ0n) is 10.6. The molecule has 1 amide bonds. The lowest BCUT2D eigenvalue weighted by Crippen LogP contribution is -2.18. The van der Waals surface area contributed by atoms with E-state index in [0.29, 0.717) is 12.2 Å². The zero-order chi connectivity index (χ0) is 14.5. The summed E-state index contributed by atoms with van der Waals surface area (Å²) in [5, 5.41) is 19.1. The Kier molecular flexibility index (Phi) is 4.26. The van der Waals surface area contributed by atoms with Gasteiger partial charge in [0.05, 0.1) is 11.5 Å². The molecule has 0 aliphatic carbocycles. The van der Waals surface area contributed by atoms with Crippen LogP contribution in [0.15, 0.2) is 29.8 Å². The molecule has 0 unspecified atom stereocenters. The highest BCUT2D eigenvalue weighted by molar-refractivity contribution is 7.09. The number of rotatable bonds is 5. The number of anilines is 1. The van der Waals surface area contributed by atoms with Gasteiger partial charge in [0.25, 0.3) is 11.6 Å². The second-order valence-corrected chi connectivity index (χ2v) is 4.83. The monoisotopic (exact) mass is 292 g/mol. The Balaban J connectivity index is 2.23. The van der Waals surface area contributed by atoms with Crippen molar-refractivity contribution >= 4 is 28.6 Å². The van der Waals surface area contributed by atoms with E-state index in [4.69, 9.17) is 0 Å². The average molecular weight is 292 g/mol. The molecule has 0 radical (unpaired) electrons. The quantitative estimate of drug-likeness (QED) is 0.649. The zero-order valence-corrected chi connectivity index (χ0v) is 11.4. The lowest BCUT2D eigenvalue weighted by Gasteiger charge is -2.07. The van der Waals surface area contributed by atoms with Crippen LogP contribution in [0.4, 0.5) is 11.4 Å². The Morgan fingerprint density at radius 3 is 2.90 bits per heavy atom. The van der Waals surface area contributed by atoms with Crippen LogP contribution in [0.1, 0.15) is 15.4 Å². The summed E-state index contributed by atoms with van der Waals surface area (Å²) in [4.78, 5) is 26.1. The second-order valence-electron chi connectivity index (χ2n) is 3.85. The van der Waals surface area contributed by atoms with Crippen molar-refractivity contribution in [2.45, 2.75) is 6.54 Å². The SMILES string of the molecule is CNC(=O)c1ccc(NCc2nccs2)c([N+](=O)[O-])c1. The summed E-state index contributed by atoms with van der Waals surface area (Å²) in [6.45, 7) is 0.401. The topological polar surface area (TPSA) is 97.2 Å². The van der Waals surface area contributed by atoms with E-state index in [1.165, 1.54) is 36.6 Å². The van der Waals surface area contributed by atoms with Crippen LogP contribution in [0.25, 0.3) is 0 Å². The molecule has 7 nitrogen and oxygen atoms in total. The molecule has 0 aliphatic rings. The van der Waals surface area contributed by atoms with Gasteiger partial charge in [-0.1, -0.05) is 0 Å². The number of nitro groups is 1. The smallest absolute Gasteiger partial charge is 0.293 e. The van der Waals surface area contributed by atoms with E-state index in [0.717, 1.165) is 5.01 Å². The largest absolute Gasteiger partial charge is 0.373 e. The summed E-state index contributed by atoms with van der Waals surface area (Å²) in [5.74, 6) is -0.362. The van der Waals surface area contributed by atoms with Gasteiger partial charge in [0, 0.05) is 30.3 Å². The summed E-state index contributed by atoms with van der Waals surface area (Å²) in [7, 11) is 1.47. The van der Waals surface area contributed by atoms with Gasteiger partial charge in [0.1, 0.15) is 10.7 Å². The first-order valence-corrected chi connectivity index (χ1v) is 6.62. The molecule has 0 saturated carbocycles. The third kappa shape index (κ3) is 3.09. The first-order chi connectivity index (χ1) is 9.61. The molecule has 0 fully saturated rings. The lowest BCUT2D eigenvalue weighted by atomic mass is 10.1. The van der Waals surface area contributed by atoms with Crippen LogP contribution in [-0.2, 0) is 6.54 Å². The molecule has 104 valence electrons. The number of hydrogen-bond donors (Lipinski definition) is 2. The number of amides is 1. The van der Waals surface area contributed by atoms with Gasteiger partial charge < -0.3 is 10.6 Å². The molecule has 2 N–H and O–H groups in total. The van der Waals surface area contributed by atoms with Crippen molar-refractivity contribution in [3.8, 4) is 0 Å². The molecule has 1 aromatic carbocycles. The van der Waals surface area contributed by atoms with E-state index >= 15 is 0 Å². The van der Waals surface area contributed by atoms with Crippen molar-refractivity contribution in [3.63, 3.8) is 0 Å². The predicted octanol–water partition coefficient (Wildman–Crippen LogP) is 2.02. The number of thiazole rings is 1. The fourth-order valence-electron chi connectivity index (χ4n) is 1.63. The van der Waals surface area contributed by atoms with E-state index in [2.05, 4.69) is 15.6 Å². The third-order valence-corrected chi connectivity index (χ3v) is 3.38. The number of aromatic nitrogens is 1. The maximum Gasteiger partial charge on any atom is 0.293 e. The second kappa shape index (κ2) is 6.11. The van der Waals surface area contributed by atoms with Crippen molar-refractivity contribution in [3.05, 3.63) is 50.5 Å². The van der Waals surface area contributed by atoms with Gasteiger partial charge in [0.15, 0.2) is 0 Å². The van der Waals surface area contributed by atoms with E-state index < -0.39 is 4.92 Å². The van der Waals surface area contributed by atoms with Crippen LogP contribution in [0, 0.1) is 10.1 Å². The Bertz CT molecular complexity index is 628.